The molecule has 0 saturated carbocycles. The van der Waals surface area contributed by atoms with Crippen LogP contribution < -0.4 is 10.3 Å². The van der Waals surface area contributed by atoms with Crippen LogP contribution in [0.2, 0.25) is 0 Å². The number of para-hydroxylation sites is 1. The minimum absolute atomic E-state index is 0.0321. The molecule has 0 N–H and O–H groups in total. The lowest BCUT2D eigenvalue weighted by Gasteiger charge is -2.24. The maximum Gasteiger partial charge on any atom is 0.257 e. The minimum Gasteiger partial charge on any atom is -0.482 e. The summed E-state index contributed by atoms with van der Waals surface area (Å²) in [6.07, 6.45) is 6.40. The number of aromatic nitrogens is 1. The van der Waals surface area contributed by atoms with E-state index < -0.39 is 5.60 Å². The fourth-order valence-corrected chi connectivity index (χ4v) is 3.30. The molecule has 3 nitrogen and oxygen atoms in total. The summed E-state index contributed by atoms with van der Waals surface area (Å²) >= 11 is 0. The van der Waals surface area contributed by atoms with E-state index in [0.29, 0.717) is 6.42 Å². The van der Waals surface area contributed by atoms with Gasteiger partial charge in [0.25, 0.3) is 5.56 Å². The summed E-state index contributed by atoms with van der Waals surface area (Å²) in [5.41, 5.74) is 2.51. The molecule has 1 unspecified atom stereocenters. The van der Waals surface area contributed by atoms with E-state index in [-0.39, 0.29) is 5.56 Å². The fraction of sp³-hybridized carbons (Fsp3) is 0.350. The quantitative estimate of drug-likeness (QED) is 0.795. The molecule has 23 heavy (non-hydrogen) atoms. The first-order chi connectivity index (χ1) is 11.0. The molecule has 1 aromatic carbocycles. The van der Waals surface area contributed by atoms with E-state index in [1.165, 1.54) is 5.57 Å². The van der Waals surface area contributed by atoms with E-state index >= 15 is 0 Å². The van der Waals surface area contributed by atoms with Crippen LogP contribution >= 0.6 is 0 Å². The molecule has 1 aromatic heterocycles. The molecular formula is C20H23NO2. The molecule has 1 aliphatic heterocycles. The van der Waals surface area contributed by atoms with Crippen LogP contribution in [0.1, 0.15) is 32.3 Å². The second kappa shape index (κ2) is 5.73. The Bertz CT molecular complexity index is 856. The van der Waals surface area contributed by atoms with E-state index in [2.05, 4.69) is 26.5 Å². The molecular weight excluding hydrogens is 286 g/mol. The molecule has 0 radical (unpaired) electrons. The van der Waals surface area contributed by atoms with Crippen molar-refractivity contribution in [2.24, 2.45) is 7.05 Å². The van der Waals surface area contributed by atoms with Gasteiger partial charge in [0, 0.05) is 18.9 Å². The number of benzene rings is 1. The van der Waals surface area contributed by atoms with E-state index in [1.54, 1.807) is 4.57 Å². The van der Waals surface area contributed by atoms with Crippen LogP contribution in [0.4, 0.5) is 0 Å². The Balaban J connectivity index is 2.07. The number of fused-ring (bicyclic) bond motifs is 3. The highest BCUT2D eigenvalue weighted by molar-refractivity contribution is 5.87. The van der Waals surface area contributed by atoms with Crippen LogP contribution in [0.3, 0.4) is 0 Å². The van der Waals surface area contributed by atoms with Crippen molar-refractivity contribution < 1.29 is 4.74 Å². The summed E-state index contributed by atoms with van der Waals surface area (Å²) < 4.78 is 8.03. The highest BCUT2D eigenvalue weighted by Gasteiger charge is 2.39. The molecule has 0 fully saturated rings. The van der Waals surface area contributed by atoms with Gasteiger partial charge in [-0.15, -0.1) is 0 Å². The SMILES string of the molecule is C=CC1(CCC=C(C)C)Cc2c(c3ccccc3n(C)c2=O)O1. The minimum atomic E-state index is -0.482. The number of rotatable bonds is 4. The maximum absolute atomic E-state index is 12.7. The number of pyridine rings is 1. The largest absolute Gasteiger partial charge is 0.482 e. The Morgan fingerprint density at radius 3 is 2.83 bits per heavy atom. The number of allylic oxidation sites excluding steroid dienone is 2. The van der Waals surface area contributed by atoms with Crippen molar-refractivity contribution >= 4 is 10.9 Å². The Kier molecular flexibility index (Phi) is 3.88. The molecule has 0 saturated heterocycles. The molecule has 3 heteroatoms. The molecule has 1 aliphatic rings. The third kappa shape index (κ3) is 2.61. The smallest absolute Gasteiger partial charge is 0.257 e. The molecule has 0 spiro atoms. The average molecular weight is 309 g/mol. The van der Waals surface area contributed by atoms with Crippen molar-refractivity contribution in [3.8, 4) is 5.75 Å². The van der Waals surface area contributed by atoms with Crippen molar-refractivity contribution in [2.45, 2.75) is 38.7 Å². The molecule has 0 aliphatic carbocycles. The molecule has 0 bridgehead atoms. The fourth-order valence-electron chi connectivity index (χ4n) is 3.30. The normalized spacial score (nSPS) is 19.3. The zero-order chi connectivity index (χ0) is 16.6. The lowest BCUT2D eigenvalue weighted by atomic mass is 9.92. The predicted molar refractivity (Wildman–Crippen MR) is 95.1 cm³/mol. The van der Waals surface area contributed by atoms with Gasteiger partial charge in [-0.1, -0.05) is 30.4 Å². The second-order valence-electron chi connectivity index (χ2n) is 6.56. The van der Waals surface area contributed by atoms with Crippen molar-refractivity contribution in [3.05, 3.63) is 64.5 Å². The van der Waals surface area contributed by atoms with E-state index in [9.17, 15) is 4.79 Å². The van der Waals surface area contributed by atoms with Gasteiger partial charge < -0.3 is 9.30 Å². The van der Waals surface area contributed by atoms with Gasteiger partial charge in [0.05, 0.1) is 11.1 Å². The first-order valence-electron chi connectivity index (χ1n) is 8.04. The summed E-state index contributed by atoms with van der Waals surface area (Å²) in [6.45, 7) is 8.16. The van der Waals surface area contributed by atoms with Gasteiger partial charge in [-0.05, 0) is 44.9 Å². The van der Waals surface area contributed by atoms with Crippen LogP contribution in [-0.2, 0) is 13.5 Å². The maximum atomic E-state index is 12.7. The van der Waals surface area contributed by atoms with Crippen molar-refractivity contribution in [3.63, 3.8) is 0 Å². The second-order valence-corrected chi connectivity index (χ2v) is 6.56. The lowest BCUT2D eigenvalue weighted by Crippen LogP contribution is -2.32. The Hall–Kier alpha value is -2.29. The highest BCUT2D eigenvalue weighted by atomic mass is 16.5. The van der Waals surface area contributed by atoms with Gasteiger partial charge in [0.2, 0.25) is 0 Å². The van der Waals surface area contributed by atoms with Gasteiger partial charge in [-0.25, -0.2) is 0 Å². The molecule has 0 amide bonds. The lowest BCUT2D eigenvalue weighted by molar-refractivity contribution is 0.141. The van der Waals surface area contributed by atoms with Crippen LogP contribution in [0.5, 0.6) is 5.75 Å². The van der Waals surface area contributed by atoms with Crippen molar-refractivity contribution in [1.29, 1.82) is 0 Å². The summed E-state index contributed by atoms with van der Waals surface area (Å²) in [5, 5.41) is 0.996. The van der Waals surface area contributed by atoms with E-state index in [4.69, 9.17) is 4.74 Å². The van der Waals surface area contributed by atoms with Gasteiger partial charge in [-0.3, -0.25) is 4.79 Å². The molecule has 120 valence electrons. The Morgan fingerprint density at radius 2 is 2.13 bits per heavy atom. The molecule has 1 atom stereocenters. The summed E-state index contributed by atoms with van der Waals surface area (Å²) in [5.74, 6) is 0.737. The van der Waals surface area contributed by atoms with Crippen LogP contribution in [0.15, 0.2) is 53.4 Å². The summed E-state index contributed by atoms with van der Waals surface area (Å²) in [7, 11) is 1.82. The van der Waals surface area contributed by atoms with Crippen molar-refractivity contribution in [1.82, 2.24) is 4.57 Å². The molecule has 2 aromatic rings. The highest BCUT2D eigenvalue weighted by Crippen LogP contribution is 2.41. The monoisotopic (exact) mass is 309 g/mol. The van der Waals surface area contributed by atoms with Gasteiger partial charge in [-0.2, -0.15) is 0 Å². The third-order valence-electron chi connectivity index (χ3n) is 4.62. The van der Waals surface area contributed by atoms with Crippen molar-refractivity contribution in [2.75, 3.05) is 0 Å². The van der Waals surface area contributed by atoms with Gasteiger partial charge >= 0.3 is 0 Å². The number of hydrogen-bond acceptors (Lipinski definition) is 2. The number of nitrogens with zero attached hydrogens (tertiary/aromatic N) is 1. The third-order valence-corrected chi connectivity index (χ3v) is 4.62. The standard InChI is InChI=1S/C20H23NO2/c1-5-20(12-8-9-14(2)3)13-16-18(23-20)15-10-6-7-11-17(15)21(4)19(16)22/h5-7,9-11H,1,8,12-13H2,2-4H3. The Morgan fingerprint density at radius 1 is 1.39 bits per heavy atom. The van der Waals surface area contributed by atoms with Gasteiger partial charge in [0.1, 0.15) is 11.4 Å². The topological polar surface area (TPSA) is 31.2 Å². The van der Waals surface area contributed by atoms with E-state index in [1.807, 2.05) is 37.4 Å². The zero-order valence-corrected chi connectivity index (χ0v) is 14.1. The summed E-state index contributed by atoms with van der Waals surface area (Å²) in [6, 6.07) is 7.90. The zero-order valence-electron chi connectivity index (χ0n) is 14.1. The number of ether oxygens (including phenoxy) is 1. The van der Waals surface area contributed by atoms with Crippen LogP contribution in [-0.4, -0.2) is 10.2 Å². The first-order valence-corrected chi connectivity index (χ1v) is 8.04. The number of aryl methyl sites for hydroxylation is 1. The summed E-state index contributed by atoms with van der Waals surface area (Å²) in [4.78, 5) is 12.7. The number of hydrogen-bond donors (Lipinski definition) is 0. The Labute approximate surface area is 136 Å². The first kappa shape index (κ1) is 15.6. The predicted octanol–water partition coefficient (Wildman–Crippen LogP) is 4.14. The average Bonchev–Trinajstić information content (AvgIpc) is 2.93. The van der Waals surface area contributed by atoms with Crippen LogP contribution in [0.25, 0.3) is 10.9 Å². The van der Waals surface area contributed by atoms with Crippen LogP contribution in [0, 0.1) is 0 Å². The van der Waals surface area contributed by atoms with Gasteiger partial charge in [0.15, 0.2) is 0 Å². The van der Waals surface area contributed by atoms with E-state index in [0.717, 1.165) is 35.1 Å². The molecule has 2 heterocycles. The molecule has 3 rings (SSSR count).